The van der Waals surface area contributed by atoms with Crippen LogP contribution in [0.15, 0.2) is 0 Å². The lowest BCUT2D eigenvalue weighted by Gasteiger charge is -2.26. The lowest BCUT2D eigenvalue weighted by atomic mass is 9.84. The Balaban J connectivity index is 2.85. The molecule has 0 aliphatic carbocycles. The zero-order valence-corrected chi connectivity index (χ0v) is 8.93. The van der Waals surface area contributed by atoms with E-state index >= 15 is 0 Å². The average molecular weight is 206 g/mol. The molecule has 2 nitrogen and oxygen atoms in total. The molecule has 0 N–H and O–H groups in total. The van der Waals surface area contributed by atoms with Crippen LogP contribution in [0.3, 0.4) is 0 Å². The van der Waals surface area contributed by atoms with E-state index in [1.165, 1.54) is 0 Å². The number of halogens is 2. The lowest BCUT2D eigenvalue weighted by molar-refractivity contribution is -0.140. The molecule has 1 rings (SSSR count). The van der Waals surface area contributed by atoms with Crippen LogP contribution in [0, 0.1) is 5.92 Å². The van der Waals surface area contributed by atoms with Crippen molar-refractivity contribution in [1.29, 1.82) is 0 Å². The summed E-state index contributed by atoms with van der Waals surface area (Å²) >= 11 is 0. The number of carbonyl (C=O) groups excluding carboxylic acids is 1. The van der Waals surface area contributed by atoms with Crippen molar-refractivity contribution in [1.82, 2.24) is 0 Å². The van der Waals surface area contributed by atoms with Crippen molar-refractivity contribution in [3.63, 3.8) is 0 Å². The topological polar surface area (TPSA) is 26.3 Å². The van der Waals surface area contributed by atoms with Crippen molar-refractivity contribution in [2.45, 2.75) is 51.7 Å². The molecular weight excluding hydrogens is 190 g/mol. The normalized spacial score (nSPS) is 29.5. The summed E-state index contributed by atoms with van der Waals surface area (Å²) in [4.78, 5) is 11.2. The third kappa shape index (κ3) is 2.11. The zero-order chi connectivity index (χ0) is 11.1. The molecule has 1 atom stereocenters. The van der Waals surface area contributed by atoms with Gasteiger partial charge in [-0.2, -0.15) is 0 Å². The van der Waals surface area contributed by atoms with Crippen molar-refractivity contribution in [2.75, 3.05) is 0 Å². The van der Waals surface area contributed by atoms with Gasteiger partial charge < -0.3 is 4.74 Å². The first-order valence-electron chi connectivity index (χ1n) is 4.68. The predicted molar refractivity (Wildman–Crippen MR) is 48.4 cm³/mol. The fourth-order valence-corrected chi connectivity index (χ4v) is 2.16. The molecule has 82 valence electrons. The van der Waals surface area contributed by atoms with E-state index in [0.717, 1.165) is 0 Å². The molecule has 0 radical (unpaired) electrons. The van der Waals surface area contributed by atoms with E-state index in [4.69, 9.17) is 4.74 Å². The number of hydrogen-bond donors (Lipinski definition) is 0. The first-order chi connectivity index (χ1) is 6.16. The van der Waals surface area contributed by atoms with E-state index in [-0.39, 0.29) is 0 Å². The number of ketones is 1. The van der Waals surface area contributed by atoms with E-state index in [1.807, 2.05) is 13.8 Å². The van der Waals surface area contributed by atoms with Gasteiger partial charge in [0.2, 0.25) is 5.78 Å². The summed E-state index contributed by atoms with van der Waals surface area (Å²) in [5.74, 6) is -1.70. The Labute approximate surface area is 82.6 Å². The number of carbonyl (C=O) groups is 1. The quantitative estimate of drug-likeness (QED) is 0.693. The minimum atomic E-state index is -2.89. The van der Waals surface area contributed by atoms with Gasteiger partial charge in [0.25, 0.3) is 6.43 Å². The fraction of sp³-hybridized carbons (Fsp3) is 0.900. The van der Waals surface area contributed by atoms with Gasteiger partial charge in [-0.05, 0) is 34.1 Å². The Morgan fingerprint density at radius 3 is 2.14 bits per heavy atom. The van der Waals surface area contributed by atoms with Crippen molar-refractivity contribution in [3.05, 3.63) is 0 Å². The van der Waals surface area contributed by atoms with E-state index < -0.39 is 29.3 Å². The van der Waals surface area contributed by atoms with Gasteiger partial charge in [-0.25, -0.2) is 8.78 Å². The monoisotopic (exact) mass is 206 g/mol. The molecule has 1 aliphatic rings. The van der Waals surface area contributed by atoms with Crippen LogP contribution in [0.4, 0.5) is 8.78 Å². The van der Waals surface area contributed by atoms with E-state index in [1.54, 1.807) is 13.8 Å². The van der Waals surface area contributed by atoms with Crippen molar-refractivity contribution >= 4 is 5.78 Å². The maximum absolute atomic E-state index is 12.3. The van der Waals surface area contributed by atoms with Gasteiger partial charge in [-0.1, -0.05) is 0 Å². The van der Waals surface area contributed by atoms with Gasteiger partial charge in [0.1, 0.15) is 0 Å². The average Bonchev–Trinajstić information content (AvgIpc) is 2.17. The highest BCUT2D eigenvalue weighted by Crippen LogP contribution is 2.42. The first-order valence-corrected chi connectivity index (χ1v) is 4.68. The first kappa shape index (κ1) is 11.6. The second-order valence-corrected chi connectivity index (χ2v) is 4.92. The Hall–Kier alpha value is -0.510. The highest BCUT2D eigenvalue weighted by Gasteiger charge is 2.50. The van der Waals surface area contributed by atoms with Crippen molar-refractivity contribution in [2.24, 2.45) is 5.92 Å². The second-order valence-electron chi connectivity index (χ2n) is 4.92. The summed E-state index contributed by atoms with van der Waals surface area (Å²) in [7, 11) is 0. The summed E-state index contributed by atoms with van der Waals surface area (Å²) in [6.45, 7) is 7.00. The molecule has 1 saturated heterocycles. The molecular formula is C10H16F2O2. The largest absolute Gasteiger partial charge is 0.369 e. The Kier molecular flexibility index (Phi) is 2.69. The third-order valence-electron chi connectivity index (χ3n) is 2.63. The summed E-state index contributed by atoms with van der Waals surface area (Å²) in [6.07, 6.45) is -2.53. The van der Waals surface area contributed by atoms with Gasteiger partial charge in [0.05, 0.1) is 17.1 Å². The second kappa shape index (κ2) is 3.26. The molecule has 1 unspecified atom stereocenters. The van der Waals surface area contributed by atoms with Crippen LogP contribution in [0.1, 0.15) is 34.1 Å². The van der Waals surface area contributed by atoms with E-state index in [2.05, 4.69) is 0 Å². The van der Waals surface area contributed by atoms with Crippen LogP contribution < -0.4 is 0 Å². The molecule has 1 heterocycles. The minimum absolute atomic E-state index is 0.364. The van der Waals surface area contributed by atoms with Gasteiger partial charge in [-0.3, -0.25) is 4.79 Å². The fourth-order valence-electron chi connectivity index (χ4n) is 2.16. The lowest BCUT2D eigenvalue weighted by Crippen LogP contribution is -2.36. The zero-order valence-electron chi connectivity index (χ0n) is 8.93. The van der Waals surface area contributed by atoms with Crippen LogP contribution in [0.5, 0.6) is 0 Å². The molecule has 1 aliphatic heterocycles. The molecule has 4 heteroatoms. The smallest absolute Gasteiger partial charge is 0.296 e. The number of alkyl halides is 2. The van der Waals surface area contributed by atoms with Crippen molar-refractivity contribution in [3.8, 4) is 0 Å². The standard InChI is InChI=1S/C10H16F2O2/c1-9(2)5-6(7(13)8(11)12)10(3,4)14-9/h6,8H,5H2,1-4H3. The van der Waals surface area contributed by atoms with E-state index in [9.17, 15) is 13.6 Å². The number of Topliss-reactive ketones (excluding diaryl/α,β-unsaturated/α-hetero) is 1. The van der Waals surface area contributed by atoms with Crippen LogP contribution in [-0.2, 0) is 9.53 Å². The molecule has 14 heavy (non-hydrogen) atoms. The Bertz CT molecular complexity index is 247. The number of hydrogen-bond acceptors (Lipinski definition) is 2. The molecule has 0 aromatic rings. The summed E-state index contributed by atoms with van der Waals surface area (Å²) in [5.41, 5.74) is -1.27. The number of rotatable bonds is 2. The van der Waals surface area contributed by atoms with Crippen LogP contribution in [0.25, 0.3) is 0 Å². The molecule has 0 aromatic heterocycles. The van der Waals surface area contributed by atoms with Crippen molar-refractivity contribution < 1.29 is 18.3 Å². The Morgan fingerprint density at radius 2 is 1.86 bits per heavy atom. The van der Waals surface area contributed by atoms with Crippen LogP contribution >= 0.6 is 0 Å². The van der Waals surface area contributed by atoms with Gasteiger partial charge in [0, 0.05) is 0 Å². The highest BCUT2D eigenvalue weighted by atomic mass is 19.3. The van der Waals surface area contributed by atoms with Gasteiger partial charge >= 0.3 is 0 Å². The molecule has 1 fully saturated rings. The minimum Gasteiger partial charge on any atom is -0.369 e. The molecule has 0 amide bonds. The summed E-state index contributed by atoms with van der Waals surface area (Å²) in [5, 5.41) is 0. The predicted octanol–water partition coefficient (Wildman–Crippen LogP) is 2.41. The molecule has 0 saturated carbocycles. The molecule has 0 aromatic carbocycles. The van der Waals surface area contributed by atoms with Gasteiger partial charge in [-0.15, -0.1) is 0 Å². The Morgan fingerprint density at radius 1 is 1.36 bits per heavy atom. The molecule has 0 bridgehead atoms. The number of ether oxygens (including phenoxy) is 1. The maximum Gasteiger partial charge on any atom is 0.296 e. The van der Waals surface area contributed by atoms with Crippen LogP contribution in [0.2, 0.25) is 0 Å². The third-order valence-corrected chi connectivity index (χ3v) is 2.63. The van der Waals surface area contributed by atoms with E-state index in [0.29, 0.717) is 6.42 Å². The van der Waals surface area contributed by atoms with Crippen LogP contribution in [-0.4, -0.2) is 23.4 Å². The SMILES string of the molecule is CC1(C)CC(C(=O)C(F)F)C(C)(C)O1. The summed E-state index contributed by atoms with van der Waals surface area (Å²) < 4.78 is 30.1. The maximum atomic E-state index is 12.3. The summed E-state index contributed by atoms with van der Waals surface area (Å²) in [6, 6.07) is 0. The highest BCUT2D eigenvalue weighted by molar-refractivity contribution is 5.85. The van der Waals surface area contributed by atoms with Gasteiger partial charge in [0.15, 0.2) is 0 Å². The molecule has 0 spiro atoms.